The largest absolute Gasteiger partial charge is 0.468 e. The molecule has 3 heteroatoms. The predicted octanol–water partition coefficient (Wildman–Crippen LogP) is -0.162. The Kier molecular flexibility index (Phi) is 2.52. The maximum Gasteiger partial charge on any atom is 0.223 e. The zero-order chi connectivity index (χ0) is 10.2. The van der Waals surface area contributed by atoms with Crippen molar-refractivity contribution >= 4 is 5.91 Å². The summed E-state index contributed by atoms with van der Waals surface area (Å²) in [6.45, 7) is 5.20. The van der Waals surface area contributed by atoms with Gasteiger partial charge in [0.15, 0.2) is 0 Å². The van der Waals surface area contributed by atoms with Gasteiger partial charge in [0.25, 0.3) is 0 Å². The van der Waals surface area contributed by atoms with E-state index in [4.69, 9.17) is 0 Å². The molecule has 0 aromatic carbocycles. The predicted molar refractivity (Wildman–Crippen MR) is 54.6 cm³/mol. The van der Waals surface area contributed by atoms with Crippen LogP contribution < -0.4 is 4.90 Å². The third-order valence-corrected chi connectivity index (χ3v) is 3.88. The Labute approximate surface area is 86.1 Å². The maximum atomic E-state index is 11.7. The zero-order valence-electron chi connectivity index (χ0n) is 9.01. The fraction of sp³-hybridized carbons (Fsp3) is 0.818. The standard InChI is InChI=1S/C11H20N2O/c1-3-13-10(14)4-5-11(13)6-8-12(2)9-7-11/h12H,2-9H2,1H3. The summed E-state index contributed by atoms with van der Waals surface area (Å²) in [6, 6.07) is 0. The number of carbonyl (C=O) groups excluding carboxylic acids is 1. The Balaban J connectivity index is 2.11. The molecule has 2 aliphatic rings. The SMILES string of the molecule is [CH2-][NH+]1CCC2(CCC(=O)N2CC)CC1. The maximum absolute atomic E-state index is 11.7. The minimum atomic E-state index is 0.215. The summed E-state index contributed by atoms with van der Waals surface area (Å²) in [5.74, 6) is 0.361. The van der Waals surface area contributed by atoms with E-state index in [0.717, 1.165) is 45.3 Å². The lowest BCUT2D eigenvalue weighted by Gasteiger charge is -2.44. The summed E-state index contributed by atoms with van der Waals surface area (Å²) in [5, 5.41) is 0. The smallest absolute Gasteiger partial charge is 0.223 e. The molecular formula is C11H20N2O. The monoisotopic (exact) mass is 196 g/mol. The Bertz CT molecular complexity index is 231. The van der Waals surface area contributed by atoms with Crippen LogP contribution >= 0.6 is 0 Å². The minimum Gasteiger partial charge on any atom is -0.468 e. The van der Waals surface area contributed by atoms with E-state index in [0.29, 0.717) is 5.91 Å². The molecule has 80 valence electrons. The number of nitrogens with zero attached hydrogens (tertiary/aromatic N) is 1. The molecule has 2 saturated heterocycles. The molecule has 0 saturated carbocycles. The van der Waals surface area contributed by atoms with E-state index in [9.17, 15) is 4.79 Å². The summed E-state index contributed by atoms with van der Waals surface area (Å²) in [7, 11) is 4.04. The first kappa shape index (κ1) is 9.97. The van der Waals surface area contributed by atoms with Crippen molar-refractivity contribution in [3.05, 3.63) is 7.05 Å². The topological polar surface area (TPSA) is 24.8 Å². The van der Waals surface area contributed by atoms with Crippen molar-refractivity contribution in [3.8, 4) is 0 Å². The molecule has 2 fully saturated rings. The quantitative estimate of drug-likeness (QED) is 0.579. The highest BCUT2D eigenvalue weighted by Gasteiger charge is 2.46. The first-order valence-corrected chi connectivity index (χ1v) is 5.65. The fourth-order valence-electron chi connectivity index (χ4n) is 2.97. The van der Waals surface area contributed by atoms with Crippen molar-refractivity contribution in [2.45, 2.75) is 38.1 Å². The van der Waals surface area contributed by atoms with E-state index < -0.39 is 0 Å². The van der Waals surface area contributed by atoms with Gasteiger partial charge in [0.05, 0.1) is 18.6 Å². The first-order valence-electron chi connectivity index (χ1n) is 5.65. The number of quaternary nitrogens is 1. The van der Waals surface area contributed by atoms with E-state index in [1.807, 2.05) is 0 Å². The lowest BCUT2D eigenvalue weighted by atomic mass is 9.85. The van der Waals surface area contributed by atoms with Gasteiger partial charge in [0.2, 0.25) is 5.91 Å². The van der Waals surface area contributed by atoms with E-state index in [-0.39, 0.29) is 5.54 Å². The van der Waals surface area contributed by atoms with Gasteiger partial charge in [0, 0.05) is 25.8 Å². The van der Waals surface area contributed by atoms with Gasteiger partial charge < -0.3 is 9.80 Å². The minimum absolute atomic E-state index is 0.215. The molecule has 3 nitrogen and oxygen atoms in total. The summed E-state index contributed by atoms with van der Waals surface area (Å²) >= 11 is 0. The van der Waals surface area contributed by atoms with Gasteiger partial charge in [-0.2, -0.15) is 7.05 Å². The lowest BCUT2D eigenvalue weighted by Crippen LogP contribution is -3.08. The highest BCUT2D eigenvalue weighted by Crippen LogP contribution is 2.36. The molecule has 0 atom stereocenters. The molecule has 0 bridgehead atoms. The van der Waals surface area contributed by atoms with Gasteiger partial charge in [0.1, 0.15) is 0 Å². The Morgan fingerprint density at radius 3 is 2.64 bits per heavy atom. The van der Waals surface area contributed by atoms with Crippen LogP contribution in [0.15, 0.2) is 0 Å². The molecule has 1 spiro atoms. The van der Waals surface area contributed by atoms with Gasteiger partial charge in [-0.3, -0.25) is 4.79 Å². The van der Waals surface area contributed by atoms with Gasteiger partial charge in [-0.1, -0.05) is 0 Å². The van der Waals surface area contributed by atoms with Crippen molar-refractivity contribution in [3.63, 3.8) is 0 Å². The molecule has 0 aromatic heterocycles. The molecule has 2 heterocycles. The van der Waals surface area contributed by atoms with Gasteiger partial charge >= 0.3 is 0 Å². The molecule has 0 aromatic rings. The molecular weight excluding hydrogens is 176 g/mol. The molecule has 2 rings (SSSR count). The van der Waals surface area contributed by atoms with Gasteiger partial charge in [-0.25, -0.2) is 0 Å². The van der Waals surface area contributed by atoms with Crippen molar-refractivity contribution < 1.29 is 9.69 Å². The summed E-state index contributed by atoms with van der Waals surface area (Å²) in [4.78, 5) is 15.1. The van der Waals surface area contributed by atoms with Crippen LogP contribution in [0.4, 0.5) is 0 Å². The number of hydrogen-bond donors (Lipinski definition) is 1. The Hall–Kier alpha value is -0.570. The van der Waals surface area contributed by atoms with Crippen LogP contribution in [0, 0.1) is 7.05 Å². The molecule has 2 aliphatic heterocycles. The third-order valence-electron chi connectivity index (χ3n) is 3.88. The van der Waals surface area contributed by atoms with Crippen LogP contribution in [-0.2, 0) is 4.79 Å². The van der Waals surface area contributed by atoms with Crippen LogP contribution in [0.3, 0.4) is 0 Å². The molecule has 14 heavy (non-hydrogen) atoms. The van der Waals surface area contributed by atoms with Crippen LogP contribution in [0.5, 0.6) is 0 Å². The number of nitrogens with one attached hydrogen (secondary N) is 1. The van der Waals surface area contributed by atoms with Crippen LogP contribution in [0.2, 0.25) is 0 Å². The lowest BCUT2D eigenvalue weighted by molar-refractivity contribution is -0.861. The van der Waals surface area contributed by atoms with E-state index in [2.05, 4.69) is 18.9 Å². The highest BCUT2D eigenvalue weighted by atomic mass is 16.2. The van der Waals surface area contributed by atoms with Crippen molar-refractivity contribution in [1.29, 1.82) is 0 Å². The molecule has 0 radical (unpaired) electrons. The number of rotatable bonds is 1. The van der Waals surface area contributed by atoms with Gasteiger partial charge in [-0.15, -0.1) is 0 Å². The number of amides is 1. The van der Waals surface area contributed by atoms with Crippen molar-refractivity contribution in [2.24, 2.45) is 0 Å². The van der Waals surface area contributed by atoms with E-state index in [1.165, 1.54) is 4.90 Å². The molecule has 0 unspecified atom stereocenters. The Morgan fingerprint density at radius 2 is 2.07 bits per heavy atom. The number of carbonyl (C=O) groups is 1. The second kappa shape index (κ2) is 3.54. The summed E-state index contributed by atoms with van der Waals surface area (Å²) in [6.07, 6.45) is 4.13. The Morgan fingerprint density at radius 1 is 1.43 bits per heavy atom. The van der Waals surface area contributed by atoms with Crippen molar-refractivity contribution in [2.75, 3.05) is 19.6 Å². The van der Waals surface area contributed by atoms with Crippen molar-refractivity contribution in [1.82, 2.24) is 4.90 Å². The fourth-order valence-corrected chi connectivity index (χ4v) is 2.97. The normalized spacial score (nSPS) is 38.3. The van der Waals surface area contributed by atoms with Crippen LogP contribution in [0.25, 0.3) is 0 Å². The second-order valence-corrected chi connectivity index (χ2v) is 4.61. The summed E-state index contributed by atoms with van der Waals surface area (Å²) < 4.78 is 0. The number of hydrogen-bond acceptors (Lipinski definition) is 1. The average Bonchev–Trinajstić information content (AvgIpc) is 2.49. The van der Waals surface area contributed by atoms with Crippen LogP contribution in [-0.4, -0.2) is 36.0 Å². The average molecular weight is 196 g/mol. The van der Waals surface area contributed by atoms with E-state index >= 15 is 0 Å². The first-order chi connectivity index (χ1) is 6.68. The van der Waals surface area contributed by atoms with Gasteiger partial charge in [-0.05, 0) is 13.3 Å². The number of likely N-dealkylation sites (tertiary alicyclic amines) is 2. The van der Waals surface area contributed by atoms with Crippen LogP contribution in [0.1, 0.15) is 32.6 Å². The summed E-state index contributed by atoms with van der Waals surface area (Å²) in [5.41, 5.74) is 0.215. The third kappa shape index (κ3) is 1.44. The molecule has 1 N–H and O–H groups in total. The number of piperidine rings is 1. The highest BCUT2D eigenvalue weighted by molar-refractivity contribution is 5.79. The molecule has 1 amide bonds. The second-order valence-electron chi connectivity index (χ2n) is 4.61. The van der Waals surface area contributed by atoms with E-state index in [1.54, 1.807) is 0 Å². The molecule has 0 aliphatic carbocycles. The zero-order valence-corrected chi connectivity index (χ0v) is 9.01.